The van der Waals surface area contributed by atoms with Crippen LogP contribution in [0.5, 0.6) is 0 Å². The number of para-hydroxylation sites is 1. The van der Waals surface area contributed by atoms with Crippen LogP contribution in [0.2, 0.25) is 0 Å². The molecule has 65 heavy (non-hydrogen) atoms. The Kier molecular flexibility index (Phi) is 17.0. The highest BCUT2D eigenvalue weighted by molar-refractivity contribution is 6.01. The van der Waals surface area contributed by atoms with Crippen LogP contribution in [-0.2, 0) is 55.1 Å². The average Bonchev–Trinajstić information content (AvgIpc) is 3.73. The predicted octanol–water partition coefficient (Wildman–Crippen LogP) is -2.01. The number of ketones is 1. The van der Waals surface area contributed by atoms with Gasteiger partial charge in [0.1, 0.15) is 36.2 Å². The average molecular weight is 908 g/mol. The molecular weight excluding hydrogens is 851 g/mol. The third-order valence-corrected chi connectivity index (χ3v) is 10.6. The largest absolute Gasteiger partial charge is 0.394 e. The minimum Gasteiger partial charge on any atom is -0.394 e. The predicted molar refractivity (Wildman–Crippen MR) is 230 cm³/mol. The summed E-state index contributed by atoms with van der Waals surface area (Å²) in [5.74, 6) is -4.89. The molecule has 1 saturated heterocycles. The molecule has 1 fully saturated rings. The van der Waals surface area contributed by atoms with Crippen LogP contribution in [0.1, 0.15) is 53.0 Å². The van der Waals surface area contributed by atoms with E-state index in [-0.39, 0.29) is 31.2 Å². The zero-order chi connectivity index (χ0) is 47.6. The number of aliphatic hydroxyl groups excluding tert-OH is 4. The number of Topliss-reactive ketones (excluding diaryl/α,β-unsaturated/α-hetero) is 1. The molecule has 2 aliphatic heterocycles. The van der Waals surface area contributed by atoms with Gasteiger partial charge in [-0.05, 0) is 32.4 Å². The summed E-state index contributed by atoms with van der Waals surface area (Å²) < 4.78 is 12.8. The lowest BCUT2D eigenvalue weighted by Gasteiger charge is -2.39. The van der Waals surface area contributed by atoms with E-state index >= 15 is 0 Å². The first kappa shape index (κ1) is 49.8. The second-order valence-corrected chi connectivity index (χ2v) is 16.8. The van der Waals surface area contributed by atoms with Crippen molar-refractivity contribution in [1.29, 1.82) is 0 Å². The number of amides is 6. The van der Waals surface area contributed by atoms with E-state index in [9.17, 15) is 54.0 Å². The van der Waals surface area contributed by atoms with Gasteiger partial charge >= 0.3 is 0 Å². The number of fused-ring (bicyclic) bond motifs is 5. The summed E-state index contributed by atoms with van der Waals surface area (Å²) in [4.78, 5) is 91.1. The van der Waals surface area contributed by atoms with Gasteiger partial charge in [-0.15, -0.1) is 5.10 Å². The molecule has 22 heteroatoms. The molecule has 2 aromatic carbocycles. The van der Waals surface area contributed by atoms with Crippen molar-refractivity contribution in [3.8, 4) is 22.5 Å². The number of benzene rings is 2. The molecule has 6 amide bonds. The van der Waals surface area contributed by atoms with Crippen molar-refractivity contribution in [1.82, 2.24) is 41.6 Å². The Balaban J connectivity index is 1.24. The highest BCUT2D eigenvalue weighted by atomic mass is 16.7. The fourth-order valence-electron chi connectivity index (χ4n) is 6.88. The maximum atomic E-state index is 14.1. The Morgan fingerprint density at radius 3 is 2.02 bits per heavy atom. The molecule has 1 aromatic heterocycles. The van der Waals surface area contributed by atoms with Crippen molar-refractivity contribution in [2.75, 3.05) is 44.3 Å². The van der Waals surface area contributed by atoms with Crippen LogP contribution >= 0.6 is 0 Å². The minimum atomic E-state index is -1.84. The summed E-state index contributed by atoms with van der Waals surface area (Å²) in [6.07, 6.45) is -9.11. The summed E-state index contributed by atoms with van der Waals surface area (Å²) in [5, 5.41) is 61.3. The summed E-state index contributed by atoms with van der Waals surface area (Å²) in [7, 11) is 0. The lowest BCUT2D eigenvalue weighted by Crippen LogP contribution is -2.60. The molecule has 3 unspecified atom stereocenters. The Bertz CT molecular complexity index is 2220. The van der Waals surface area contributed by atoms with Gasteiger partial charge in [-0.1, -0.05) is 61.5 Å². The van der Waals surface area contributed by atoms with Crippen LogP contribution in [0.15, 0.2) is 48.5 Å². The van der Waals surface area contributed by atoms with Gasteiger partial charge in [-0.3, -0.25) is 33.6 Å². The smallest absolute Gasteiger partial charge is 0.245 e. The quantitative estimate of drug-likeness (QED) is 0.0666. The summed E-state index contributed by atoms with van der Waals surface area (Å²) in [6, 6.07) is 13.2. The number of nitrogens with zero attached hydrogens (tertiary/aromatic N) is 4. The van der Waals surface area contributed by atoms with Crippen molar-refractivity contribution < 1.29 is 63.5 Å². The third-order valence-electron chi connectivity index (χ3n) is 10.6. The fourth-order valence-corrected chi connectivity index (χ4v) is 6.88. The molecular formula is C43H57N9O13. The second kappa shape index (κ2) is 22.1. The van der Waals surface area contributed by atoms with Gasteiger partial charge < -0.3 is 61.4 Å². The zero-order valence-electron chi connectivity index (χ0n) is 36.8. The summed E-state index contributed by atoms with van der Waals surface area (Å²) in [5.41, 5.74) is 3.75. The van der Waals surface area contributed by atoms with Gasteiger partial charge in [0.15, 0.2) is 12.1 Å². The molecule has 0 radical (unpaired) electrons. The summed E-state index contributed by atoms with van der Waals surface area (Å²) in [6.45, 7) is 6.11. The van der Waals surface area contributed by atoms with E-state index in [1.54, 1.807) is 30.9 Å². The molecule has 0 aliphatic carbocycles. The van der Waals surface area contributed by atoms with Gasteiger partial charge in [0, 0.05) is 29.9 Å². The minimum absolute atomic E-state index is 0.139. The Morgan fingerprint density at radius 2 is 1.38 bits per heavy atom. The van der Waals surface area contributed by atoms with Gasteiger partial charge in [-0.2, -0.15) is 0 Å². The Labute approximate surface area is 374 Å². The third kappa shape index (κ3) is 12.8. The van der Waals surface area contributed by atoms with Crippen LogP contribution < -0.4 is 31.5 Å². The number of aliphatic hydroxyl groups is 4. The number of aromatic nitrogens is 3. The number of anilines is 1. The second-order valence-electron chi connectivity index (χ2n) is 16.8. The SMILES string of the molecule is CC(C)C(=O)CNC(=O)CNC(=O)CNC(=O)CNC(=O)[C@H](CO[C@@H]1OC(CO)[C@@H](O)C(O)C1O)NC(=O)CCC(=O)N1Cc2ccccc2-c2c(nnn2C(C)(C)C)-c2ccccc21. The van der Waals surface area contributed by atoms with Crippen LogP contribution in [0.3, 0.4) is 0 Å². The molecule has 0 saturated carbocycles. The highest BCUT2D eigenvalue weighted by Gasteiger charge is 2.44. The molecule has 6 atom stereocenters. The maximum absolute atomic E-state index is 14.1. The lowest BCUT2D eigenvalue weighted by atomic mass is 9.94. The monoisotopic (exact) mass is 907 g/mol. The standard InChI is InChI=1S/C43H57N9O13/c1-23(2)29(54)16-44-32(56)17-45-33(57)18-46-34(58)19-47-41(63)27(22-64-42-40(62)39(61)38(60)30(21-53)65-42)48-31(55)14-15-35(59)51-20-24-10-6-7-11-25(24)37-36(26-12-8-9-13-28(26)51)49-50-52(37)43(3,4)5/h6-13,23,27,30,38-40,42,53,60-62H,14-22H2,1-5H3,(H,44,56)(H,45,57)(H,46,58)(H,47,63)(H,48,55)/t27-,30?,38+,39?,40?,42+/m0/s1. The molecule has 0 bridgehead atoms. The molecule has 22 nitrogen and oxygen atoms in total. The van der Waals surface area contributed by atoms with Crippen LogP contribution in [-0.4, -0.2) is 153 Å². The number of hydrogen-bond donors (Lipinski definition) is 9. The Morgan fingerprint density at radius 1 is 0.785 bits per heavy atom. The zero-order valence-corrected chi connectivity index (χ0v) is 36.8. The van der Waals surface area contributed by atoms with E-state index in [0.717, 1.165) is 16.8 Å². The lowest BCUT2D eigenvalue weighted by molar-refractivity contribution is -0.301. The van der Waals surface area contributed by atoms with E-state index in [4.69, 9.17) is 9.47 Å². The van der Waals surface area contributed by atoms with Crippen molar-refractivity contribution in [3.63, 3.8) is 0 Å². The van der Waals surface area contributed by atoms with Crippen LogP contribution in [0, 0.1) is 5.92 Å². The molecule has 352 valence electrons. The first-order valence-electron chi connectivity index (χ1n) is 21.1. The van der Waals surface area contributed by atoms with Crippen LogP contribution in [0.4, 0.5) is 5.69 Å². The normalized spacial score (nSPS) is 19.6. The highest BCUT2D eigenvalue weighted by Crippen LogP contribution is 2.42. The van der Waals surface area contributed by atoms with Crippen LogP contribution in [0.25, 0.3) is 22.5 Å². The van der Waals surface area contributed by atoms with Gasteiger partial charge in [0.25, 0.3) is 0 Å². The number of ether oxygens (including phenoxy) is 2. The number of carbonyl (C=O) groups excluding carboxylic acids is 7. The topological polar surface area (TPSA) is 313 Å². The van der Waals surface area contributed by atoms with Gasteiger partial charge in [0.2, 0.25) is 35.4 Å². The molecule has 3 heterocycles. The molecule has 9 N–H and O–H groups in total. The van der Waals surface area contributed by atoms with Crippen molar-refractivity contribution in [2.24, 2.45) is 5.92 Å². The molecule has 0 spiro atoms. The van der Waals surface area contributed by atoms with Crippen molar-refractivity contribution >= 4 is 46.9 Å². The van der Waals surface area contributed by atoms with Gasteiger partial charge in [-0.25, -0.2) is 4.68 Å². The van der Waals surface area contributed by atoms with E-state index in [1.807, 2.05) is 61.9 Å². The summed E-state index contributed by atoms with van der Waals surface area (Å²) >= 11 is 0. The fraction of sp³-hybridized carbons (Fsp3) is 0.512. The van der Waals surface area contributed by atoms with E-state index < -0.39 is 117 Å². The van der Waals surface area contributed by atoms with E-state index in [0.29, 0.717) is 16.9 Å². The number of rotatable bonds is 18. The first-order chi connectivity index (χ1) is 30.8. The molecule has 5 rings (SSSR count). The molecule has 3 aromatic rings. The first-order valence-corrected chi connectivity index (χ1v) is 21.1. The van der Waals surface area contributed by atoms with E-state index in [2.05, 4.69) is 36.9 Å². The molecule has 2 aliphatic rings. The number of hydrogen-bond acceptors (Lipinski definition) is 15. The van der Waals surface area contributed by atoms with E-state index in [1.165, 1.54) is 0 Å². The van der Waals surface area contributed by atoms with Gasteiger partial charge in [0.05, 0.1) is 62.9 Å². The van der Waals surface area contributed by atoms with Crippen molar-refractivity contribution in [3.05, 3.63) is 54.1 Å². The maximum Gasteiger partial charge on any atom is 0.245 e. The van der Waals surface area contributed by atoms with Crippen molar-refractivity contribution in [2.45, 2.75) is 96.3 Å². The number of carbonyl (C=O) groups is 7. The Hall–Kier alpha value is -6.17. The number of nitrogens with one attached hydrogen (secondary N) is 5.